The van der Waals surface area contributed by atoms with Crippen LogP contribution < -0.4 is 19.8 Å². The second-order valence-corrected chi connectivity index (χ2v) is 9.75. The maximum atomic E-state index is 14.2. The summed E-state index contributed by atoms with van der Waals surface area (Å²) >= 11 is 0. The van der Waals surface area contributed by atoms with Crippen molar-refractivity contribution in [2.24, 2.45) is 0 Å². The van der Waals surface area contributed by atoms with Crippen LogP contribution in [0, 0.1) is 6.92 Å². The van der Waals surface area contributed by atoms with E-state index in [1.165, 1.54) is 11.7 Å². The number of ether oxygens (including phenoxy) is 4. The van der Waals surface area contributed by atoms with Crippen molar-refractivity contribution < 1.29 is 28.8 Å². The van der Waals surface area contributed by atoms with Gasteiger partial charge in [0.15, 0.2) is 0 Å². The van der Waals surface area contributed by atoms with Gasteiger partial charge in [0.2, 0.25) is 0 Å². The Kier molecular flexibility index (Phi) is 8.68. The molecule has 0 fully saturated rings. The summed E-state index contributed by atoms with van der Waals surface area (Å²) in [7, 11) is 4.40. The second-order valence-electron chi connectivity index (χ2n) is 9.75. The Hall–Kier alpha value is -5.22. The zero-order chi connectivity index (χ0) is 30.5. The van der Waals surface area contributed by atoms with Gasteiger partial charge in [0, 0.05) is 23.5 Å². The lowest BCUT2D eigenvalue weighted by Crippen LogP contribution is -2.28. The molecule has 0 amide bonds. The third-order valence-corrected chi connectivity index (χ3v) is 7.14. The van der Waals surface area contributed by atoms with Crippen LogP contribution in [0.5, 0.6) is 17.2 Å². The van der Waals surface area contributed by atoms with Gasteiger partial charge in [-0.2, -0.15) is 0 Å². The number of benzene rings is 2. The molecule has 1 N–H and O–H groups in total. The maximum absolute atomic E-state index is 14.2. The van der Waals surface area contributed by atoms with E-state index >= 15 is 0 Å². The van der Waals surface area contributed by atoms with Crippen LogP contribution >= 0.6 is 0 Å². The van der Waals surface area contributed by atoms with E-state index in [1.54, 1.807) is 69.1 Å². The summed E-state index contributed by atoms with van der Waals surface area (Å²) < 4.78 is 23.9. The maximum Gasteiger partial charge on any atom is 0.355 e. The number of aliphatic hydroxyl groups is 1. The van der Waals surface area contributed by atoms with Gasteiger partial charge in [-0.1, -0.05) is 12.1 Å². The Morgan fingerprint density at radius 1 is 0.930 bits per heavy atom. The number of hydrogen-bond donors (Lipinski definition) is 1. The van der Waals surface area contributed by atoms with Gasteiger partial charge in [-0.25, -0.2) is 4.79 Å². The highest BCUT2D eigenvalue weighted by atomic mass is 16.5. The van der Waals surface area contributed by atoms with E-state index in [0.29, 0.717) is 50.5 Å². The topological polar surface area (TPSA) is 122 Å². The normalized spacial score (nSPS) is 10.9. The molecule has 0 bridgehead atoms. The molecule has 0 aliphatic carbocycles. The van der Waals surface area contributed by atoms with Gasteiger partial charge in [0.1, 0.15) is 29.5 Å². The van der Waals surface area contributed by atoms with Crippen LogP contribution in [-0.4, -0.2) is 46.9 Å². The first kappa shape index (κ1) is 29.3. The fraction of sp³-hybridized carbons (Fsp3) is 0.212. The Bertz CT molecular complexity index is 1830. The van der Waals surface area contributed by atoms with Gasteiger partial charge in [-0.05, 0) is 72.0 Å². The van der Waals surface area contributed by atoms with E-state index in [9.17, 15) is 14.7 Å². The van der Waals surface area contributed by atoms with Crippen molar-refractivity contribution in [3.8, 4) is 28.4 Å². The predicted octanol–water partition coefficient (Wildman–Crippen LogP) is 4.69. The molecule has 0 radical (unpaired) electrons. The summed E-state index contributed by atoms with van der Waals surface area (Å²) in [6.45, 7) is 1.89. The third kappa shape index (κ3) is 5.91. The lowest BCUT2D eigenvalue weighted by Gasteiger charge is -2.20. The number of hydrogen-bond acceptors (Lipinski definition) is 9. The molecule has 0 aliphatic rings. The minimum absolute atomic E-state index is 0.0726. The van der Waals surface area contributed by atoms with Crippen LogP contribution in [0.4, 0.5) is 0 Å². The average molecular weight is 582 g/mol. The molecular formula is C33H31N3O7. The van der Waals surface area contributed by atoms with Gasteiger partial charge in [0.25, 0.3) is 5.56 Å². The Balaban J connectivity index is 1.76. The number of aliphatic hydroxyl groups excluding tert-OH is 1. The van der Waals surface area contributed by atoms with Crippen LogP contribution in [0.15, 0.2) is 77.9 Å². The summed E-state index contributed by atoms with van der Waals surface area (Å²) in [5.74, 6) is 0.873. The molecule has 43 heavy (non-hydrogen) atoms. The highest BCUT2D eigenvalue weighted by Crippen LogP contribution is 2.39. The first-order valence-corrected chi connectivity index (χ1v) is 13.5. The Morgan fingerprint density at radius 2 is 1.67 bits per heavy atom. The molecule has 3 heterocycles. The number of fused-ring (bicyclic) bond motifs is 1. The molecule has 0 unspecified atom stereocenters. The van der Waals surface area contributed by atoms with E-state index < -0.39 is 11.5 Å². The lowest BCUT2D eigenvalue weighted by molar-refractivity contribution is 0.0588. The zero-order valence-electron chi connectivity index (χ0n) is 24.3. The highest BCUT2D eigenvalue weighted by molar-refractivity contribution is 6.07. The van der Waals surface area contributed by atoms with Gasteiger partial charge in [-0.3, -0.25) is 19.3 Å². The van der Waals surface area contributed by atoms with Crippen molar-refractivity contribution in [1.29, 1.82) is 0 Å². The molecule has 220 valence electrons. The van der Waals surface area contributed by atoms with Crippen LogP contribution in [0.25, 0.3) is 21.9 Å². The number of rotatable bonds is 10. The largest absolute Gasteiger partial charge is 0.496 e. The summed E-state index contributed by atoms with van der Waals surface area (Å²) in [5.41, 5.74) is 3.42. The fourth-order valence-electron chi connectivity index (χ4n) is 5.03. The van der Waals surface area contributed by atoms with Crippen molar-refractivity contribution in [2.45, 2.75) is 26.7 Å². The summed E-state index contributed by atoms with van der Waals surface area (Å²) in [5, 5.41) is 10.3. The van der Waals surface area contributed by atoms with Crippen molar-refractivity contribution in [3.05, 3.63) is 112 Å². The number of esters is 1. The van der Waals surface area contributed by atoms with E-state index in [-0.39, 0.29) is 25.5 Å². The highest BCUT2D eigenvalue weighted by Gasteiger charge is 2.26. The van der Waals surface area contributed by atoms with Crippen molar-refractivity contribution in [2.75, 3.05) is 21.3 Å². The molecule has 0 saturated heterocycles. The quantitative estimate of drug-likeness (QED) is 0.234. The molecule has 10 heteroatoms. The smallest absolute Gasteiger partial charge is 0.355 e. The number of nitrogens with zero attached hydrogens (tertiary/aromatic N) is 3. The monoisotopic (exact) mass is 581 g/mol. The standard InChI is InChI=1S/C33H31N3O7/c1-20-28(40-2)13-22(14-29(20)41-3)30-26-11-10-25(43-19-24-9-5-8-23(18-37)35-24)15-27(26)32(38)36(31(30)33(39)42-4)17-21-7-6-12-34-16-21/h5-16,37H,17-19H2,1-4H3. The molecule has 0 atom stereocenters. The Morgan fingerprint density at radius 3 is 2.33 bits per heavy atom. The summed E-state index contributed by atoms with van der Waals surface area (Å²) in [6.07, 6.45) is 3.28. The first-order valence-electron chi connectivity index (χ1n) is 13.5. The molecular weight excluding hydrogens is 550 g/mol. The van der Waals surface area contributed by atoms with Crippen LogP contribution in [0.1, 0.15) is 33.0 Å². The van der Waals surface area contributed by atoms with E-state index in [4.69, 9.17) is 18.9 Å². The minimum atomic E-state index is -0.674. The SMILES string of the molecule is COC(=O)c1c(-c2cc(OC)c(C)c(OC)c2)c2ccc(OCc3cccc(CO)n3)cc2c(=O)n1Cc1cccnc1. The number of aromatic nitrogens is 3. The number of pyridine rings is 3. The number of methoxy groups -OCH3 is 3. The second kappa shape index (κ2) is 12.7. The zero-order valence-corrected chi connectivity index (χ0v) is 24.3. The molecule has 0 aliphatic heterocycles. The Labute approximate surface area is 248 Å². The predicted molar refractivity (Wildman–Crippen MR) is 161 cm³/mol. The van der Waals surface area contributed by atoms with Crippen LogP contribution in [0.3, 0.4) is 0 Å². The lowest BCUT2D eigenvalue weighted by atomic mass is 9.94. The van der Waals surface area contributed by atoms with Crippen LogP contribution in [-0.2, 0) is 24.5 Å². The summed E-state index contributed by atoms with van der Waals surface area (Å²) in [4.78, 5) is 36.2. The van der Waals surface area contributed by atoms with Crippen LogP contribution in [0.2, 0.25) is 0 Å². The molecule has 2 aromatic carbocycles. The fourth-order valence-corrected chi connectivity index (χ4v) is 5.03. The third-order valence-electron chi connectivity index (χ3n) is 7.14. The molecule has 10 nitrogen and oxygen atoms in total. The van der Waals surface area contributed by atoms with Gasteiger partial charge in [-0.15, -0.1) is 0 Å². The van der Waals surface area contributed by atoms with E-state index in [1.807, 2.05) is 25.1 Å². The molecule has 0 saturated carbocycles. The van der Waals surface area contributed by atoms with E-state index in [0.717, 1.165) is 11.1 Å². The van der Waals surface area contributed by atoms with Crippen molar-refractivity contribution >= 4 is 16.7 Å². The van der Waals surface area contributed by atoms with Gasteiger partial charge < -0.3 is 24.1 Å². The van der Waals surface area contributed by atoms with E-state index in [2.05, 4.69) is 9.97 Å². The van der Waals surface area contributed by atoms with Crippen molar-refractivity contribution in [1.82, 2.24) is 14.5 Å². The van der Waals surface area contributed by atoms with Crippen molar-refractivity contribution in [3.63, 3.8) is 0 Å². The molecule has 5 rings (SSSR count). The average Bonchev–Trinajstić information content (AvgIpc) is 3.05. The molecule has 0 spiro atoms. The molecule has 3 aromatic heterocycles. The first-order chi connectivity index (χ1) is 20.9. The van der Waals surface area contributed by atoms with Gasteiger partial charge >= 0.3 is 5.97 Å². The minimum Gasteiger partial charge on any atom is -0.496 e. The number of carbonyl (C=O) groups is 1. The number of carbonyl (C=O) groups excluding carboxylic acids is 1. The summed E-state index contributed by atoms with van der Waals surface area (Å²) in [6, 6.07) is 17.6. The molecule has 5 aromatic rings. The van der Waals surface area contributed by atoms with Gasteiger partial charge in [0.05, 0.1) is 51.3 Å².